The first kappa shape index (κ1) is 11.5. The van der Waals surface area contributed by atoms with Crippen molar-refractivity contribution in [2.45, 2.75) is 12.8 Å². The minimum absolute atomic E-state index is 0.227. The van der Waals surface area contributed by atoms with Gasteiger partial charge >= 0.3 is 0 Å². The highest BCUT2D eigenvalue weighted by Gasteiger charge is 2.28. The van der Waals surface area contributed by atoms with Crippen LogP contribution in [0.5, 0.6) is 0 Å². The predicted octanol–water partition coefficient (Wildman–Crippen LogP) is 0.0908. The molecule has 0 unspecified atom stereocenters. The summed E-state index contributed by atoms with van der Waals surface area (Å²) in [5, 5.41) is 2.93. The minimum Gasteiger partial charge on any atom is -0.383 e. The first-order valence-electron chi connectivity index (χ1n) is 5.19. The molecule has 0 saturated heterocycles. The number of carbonyl (C=O) groups is 1. The molecule has 1 aliphatic rings. The number of methoxy groups -OCH3 is 1. The molecule has 0 aromatic rings. The Morgan fingerprint density at radius 1 is 1.50 bits per heavy atom. The molecule has 1 aliphatic carbocycles. The van der Waals surface area contributed by atoms with Crippen molar-refractivity contribution in [3.05, 3.63) is 0 Å². The normalized spacial score (nSPS) is 15.9. The lowest BCUT2D eigenvalue weighted by Crippen LogP contribution is -2.34. The van der Waals surface area contributed by atoms with E-state index in [1.165, 1.54) is 0 Å². The van der Waals surface area contributed by atoms with E-state index in [0.717, 1.165) is 39.1 Å². The topological polar surface area (TPSA) is 41.6 Å². The third-order valence-corrected chi connectivity index (χ3v) is 2.42. The number of nitrogens with one attached hydrogen (secondary N) is 1. The van der Waals surface area contributed by atoms with E-state index in [1.807, 2.05) is 7.05 Å². The van der Waals surface area contributed by atoms with Crippen molar-refractivity contribution < 1.29 is 9.53 Å². The molecule has 14 heavy (non-hydrogen) atoms. The van der Waals surface area contributed by atoms with Gasteiger partial charge in [-0.05, 0) is 19.9 Å². The van der Waals surface area contributed by atoms with E-state index in [0.29, 0.717) is 5.92 Å². The molecular weight excluding hydrogens is 180 g/mol. The standard InChI is InChI=1S/C10H20N2O2/c1-12(7-8-14-2)6-5-11-10(13)9-3-4-9/h9H,3-8H2,1-2H3,(H,11,13). The molecule has 0 radical (unpaired) electrons. The summed E-state index contributed by atoms with van der Waals surface area (Å²) in [6.07, 6.45) is 2.15. The Labute approximate surface area is 85.6 Å². The number of amides is 1. The van der Waals surface area contributed by atoms with Crippen molar-refractivity contribution in [1.82, 2.24) is 10.2 Å². The molecule has 0 spiro atoms. The van der Waals surface area contributed by atoms with Crippen molar-refractivity contribution in [3.8, 4) is 0 Å². The van der Waals surface area contributed by atoms with Crippen LogP contribution >= 0.6 is 0 Å². The van der Waals surface area contributed by atoms with Crippen LogP contribution in [0, 0.1) is 5.92 Å². The Morgan fingerprint density at radius 2 is 2.21 bits per heavy atom. The van der Waals surface area contributed by atoms with Crippen LogP contribution in [0.3, 0.4) is 0 Å². The lowest BCUT2D eigenvalue weighted by molar-refractivity contribution is -0.122. The van der Waals surface area contributed by atoms with Gasteiger partial charge < -0.3 is 15.0 Å². The van der Waals surface area contributed by atoms with E-state index in [9.17, 15) is 4.79 Å². The summed E-state index contributed by atoms with van der Waals surface area (Å²) in [6.45, 7) is 3.29. The molecule has 0 atom stereocenters. The van der Waals surface area contributed by atoms with Crippen LogP contribution in [0.2, 0.25) is 0 Å². The highest BCUT2D eigenvalue weighted by Crippen LogP contribution is 2.28. The van der Waals surface area contributed by atoms with E-state index >= 15 is 0 Å². The van der Waals surface area contributed by atoms with E-state index in [-0.39, 0.29) is 5.91 Å². The zero-order valence-electron chi connectivity index (χ0n) is 9.08. The fourth-order valence-electron chi connectivity index (χ4n) is 1.22. The number of hydrogen-bond acceptors (Lipinski definition) is 3. The summed E-state index contributed by atoms with van der Waals surface area (Å²) in [4.78, 5) is 13.4. The highest BCUT2D eigenvalue weighted by molar-refractivity contribution is 5.80. The van der Waals surface area contributed by atoms with Gasteiger partial charge in [-0.25, -0.2) is 0 Å². The van der Waals surface area contributed by atoms with Crippen molar-refractivity contribution in [2.24, 2.45) is 5.92 Å². The second-order valence-corrected chi connectivity index (χ2v) is 3.86. The van der Waals surface area contributed by atoms with Crippen molar-refractivity contribution in [1.29, 1.82) is 0 Å². The van der Waals surface area contributed by atoms with E-state index in [4.69, 9.17) is 4.74 Å². The maximum absolute atomic E-state index is 11.2. The fourth-order valence-corrected chi connectivity index (χ4v) is 1.22. The fraction of sp³-hybridized carbons (Fsp3) is 0.900. The number of rotatable bonds is 7. The minimum atomic E-state index is 0.227. The van der Waals surface area contributed by atoms with Gasteiger partial charge in [0, 0.05) is 32.7 Å². The number of ether oxygens (including phenoxy) is 1. The van der Waals surface area contributed by atoms with Gasteiger partial charge in [0.05, 0.1) is 6.61 Å². The van der Waals surface area contributed by atoms with E-state index < -0.39 is 0 Å². The van der Waals surface area contributed by atoms with Crippen molar-refractivity contribution >= 4 is 5.91 Å². The van der Waals surface area contributed by atoms with Crippen molar-refractivity contribution in [3.63, 3.8) is 0 Å². The first-order valence-corrected chi connectivity index (χ1v) is 5.19. The summed E-state index contributed by atoms with van der Waals surface area (Å²) < 4.78 is 4.96. The SMILES string of the molecule is COCCN(C)CCNC(=O)C1CC1. The quantitative estimate of drug-likeness (QED) is 0.633. The molecule has 1 fully saturated rings. The smallest absolute Gasteiger partial charge is 0.223 e. The third kappa shape index (κ3) is 4.58. The van der Waals surface area contributed by atoms with E-state index in [2.05, 4.69) is 10.2 Å². The first-order chi connectivity index (χ1) is 6.74. The molecule has 82 valence electrons. The lowest BCUT2D eigenvalue weighted by atomic mass is 10.4. The molecule has 0 aromatic heterocycles. The summed E-state index contributed by atoms with van der Waals surface area (Å²) in [7, 11) is 3.73. The molecule has 1 N–H and O–H groups in total. The molecule has 4 nitrogen and oxygen atoms in total. The van der Waals surface area contributed by atoms with Crippen LogP contribution in [-0.4, -0.2) is 51.2 Å². The zero-order valence-corrected chi connectivity index (χ0v) is 9.08. The van der Waals surface area contributed by atoms with Crippen LogP contribution in [-0.2, 0) is 9.53 Å². The number of carbonyl (C=O) groups excluding carboxylic acids is 1. The average molecular weight is 200 g/mol. The van der Waals surface area contributed by atoms with Crippen LogP contribution in [0.25, 0.3) is 0 Å². The largest absolute Gasteiger partial charge is 0.383 e. The van der Waals surface area contributed by atoms with Crippen LogP contribution in [0.15, 0.2) is 0 Å². The van der Waals surface area contributed by atoms with E-state index in [1.54, 1.807) is 7.11 Å². The Hall–Kier alpha value is -0.610. The van der Waals surface area contributed by atoms with Gasteiger partial charge in [-0.3, -0.25) is 4.79 Å². The molecule has 1 saturated carbocycles. The molecule has 0 bridgehead atoms. The summed E-state index contributed by atoms with van der Waals surface area (Å²) in [5.74, 6) is 0.546. The monoisotopic (exact) mass is 200 g/mol. The van der Waals surface area contributed by atoms with Crippen LogP contribution in [0.4, 0.5) is 0 Å². The Bertz CT molecular complexity index is 181. The molecule has 0 aromatic carbocycles. The molecule has 0 aliphatic heterocycles. The summed E-state index contributed by atoms with van der Waals surface area (Å²) >= 11 is 0. The van der Waals surface area contributed by atoms with Gasteiger partial charge in [0.2, 0.25) is 5.91 Å². The average Bonchev–Trinajstić information content (AvgIpc) is 2.97. The number of hydrogen-bond donors (Lipinski definition) is 1. The van der Waals surface area contributed by atoms with Crippen LogP contribution < -0.4 is 5.32 Å². The summed E-state index contributed by atoms with van der Waals surface area (Å²) in [6, 6.07) is 0. The Balaban J connectivity index is 1.93. The van der Waals surface area contributed by atoms with Crippen molar-refractivity contribution in [2.75, 3.05) is 40.4 Å². The zero-order chi connectivity index (χ0) is 10.4. The molecular formula is C10H20N2O2. The molecule has 4 heteroatoms. The van der Waals surface area contributed by atoms with Gasteiger partial charge in [0.15, 0.2) is 0 Å². The number of likely N-dealkylation sites (N-methyl/N-ethyl adjacent to an activating group) is 1. The number of nitrogens with zero attached hydrogens (tertiary/aromatic N) is 1. The van der Waals surface area contributed by atoms with Gasteiger partial charge in [0.1, 0.15) is 0 Å². The maximum atomic E-state index is 11.2. The van der Waals surface area contributed by atoms with Gasteiger partial charge in [-0.1, -0.05) is 0 Å². The van der Waals surface area contributed by atoms with Gasteiger partial charge in [0.25, 0.3) is 0 Å². The molecule has 1 amide bonds. The highest BCUT2D eigenvalue weighted by atomic mass is 16.5. The maximum Gasteiger partial charge on any atom is 0.223 e. The Kier molecular flexibility index (Phi) is 4.90. The lowest BCUT2D eigenvalue weighted by Gasteiger charge is -2.15. The third-order valence-electron chi connectivity index (χ3n) is 2.42. The van der Waals surface area contributed by atoms with Gasteiger partial charge in [-0.2, -0.15) is 0 Å². The van der Waals surface area contributed by atoms with Crippen LogP contribution in [0.1, 0.15) is 12.8 Å². The summed E-state index contributed by atoms with van der Waals surface area (Å²) in [5.41, 5.74) is 0. The Morgan fingerprint density at radius 3 is 2.79 bits per heavy atom. The molecule has 0 heterocycles. The van der Waals surface area contributed by atoms with Gasteiger partial charge in [-0.15, -0.1) is 0 Å². The second-order valence-electron chi connectivity index (χ2n) is 3.86. The molecule has 1 rings (SSSR count). The second kappa shape index (κ2) is 5.98. The predicted molar refractivity (Wildman–Crippen MR) is 55.1 cm³/mol.